The van der Waals surface area contributed by atoms with E-state index < -0.39 is 11.6 Å². The second kappa shape index (κ2) is 7.08. The third-order valence-corrected chi connectivity index (χ3v) is 4.09. The Bertz CT molecular complexity index is 914. The lowest BCUT2D eigenvalue weighted by molar-refractivity contribution is 0.603. The van der Waals surface area contributed by atoms with Crippen molar-refractivity contribution < 1.29 is 8.78 Å². The molecule has 0 aliphatic heterocycles. The Kier molecular flexibility index (Phi) is 4.87. The van der Waals surface area contributed by atoms with Crippen molar-refractivity contribution in [3.05, 3.63) is 64.4 Å². The molecule has 9 heteroatoms. The van der Waals surface area contributed by atoms with Gasteiger partial charge in [0.05, 0.1) is 21.4 Å². The van der Waals surface area contributed by atoms with Crippen LogP contribution in [0.15, 0.2) is 42.7 Å². The number of nitrogen functional groups attached to an aromatic ring is 1. The number of anilines is 5. The average molecular weight is 382 g/mol. The van der Waals surface area contributed by atoms with Crippen LogP contribution in [0.2, 0.25) is 10.0 Å². The van der Waals surface area contributed by atoms with E-state index in [9.17, 15) is 8.78 Å². The maximum absolute atomic E-state index is 13.8. The topological polar surface area (TPSA) is 75.9 Å². The van der Waals surface area contributed by atoms with E-state index in [-0.39, 0.29) is 23.0 Å². The molecule has 0 radical (unpaired) electrons. The maximum atomic E-state index is 13.8. The highest BCUT2D eigenvalue weighted by Crippen LogP contribution is 2.34. The molecule has 0 atom stereocenters. The van der Waals surface area contributed by atoms with Crippen LogP contribution in [0, 0.1) is 11.6 Å². The molecule has 0 fully saturated rings. The Morgan fingerprint density at radius 2 is 1.60 bits per heavy atom. The van der Waals surface area contributed by atoms with E-state index >= 15 is 0 Å². The summed E-state index contributed by atoms with van der Waals surface area (Å²) in [5.74, 6) is -0.897. The molecule has 0 saturated heterocycles. The van der Waals surface area contributed by atoms with Gasteiger partial charge in [0, 0.05) is 6.07 Å². The average Bonchev–Trinajstić information content (AvgIpc) is 2.58. The van der Waals surface area contributed by atoms with Crippen LogP contribution >= 0.6 is 23.2 Å². The van der Waals surface area contributed by atoms with E-state index in [1.807, 2.05) is 0 Å². The summed E-state index contributed by atoms with van der Waals surface area (Å²) in [6.07, 6.45) is 1.22. The number of nitrogens with one attached hydrogen (secondary N) is 2. The van der Waals surface area contributed by atoms with E-state index in [1.54, 1.807) is 18.2 Å². The fourth-order valence-electron chi connectivity index (χ4n) is 2.04. The summed E-state index contributed by atoms with van der Waals surface area (Å²) in [5, 5.41) is 6.24. The maximum Gasteiger partial charge on any atom is 0.159 e. The zero-order valence-electron chi connectivity index (χ0n) is 12.5. The first-order chi connectivity index (χ1) is 12.0. The van der Waals surface area contributed by atoms with Gasteiger partial charge in [0.1, 0.15) is 23.6 Å². The summed E-state index contributed by atoms with van der Waals surface area (Å²) in [5.41, 5.74) is 6.50. The van der Waals surface area contributed by atoms with Crippen LogP contribution in [0.5, 0.6) is 0 Å². The van der Waals surface area contributed by atoms with Crippen molar-refractivity contribution in [1.82, 2.24) is 9.97 Å². The van der Waals surface area contributed by atoms with Gasteiger partial charge in [-0.2, -0.15) is 0 Å². The Balaban J connectivity index is 1.92. The SMILES string of the molecule is Nc1c(Nc2cc(F)ccc2F)ncnc1Nc1cccc(Cl)c1Cl. The van der Waals surface area contributed by atoms with Crippen molar-refractivity contribution >= 4 is 51.9 Å². The van der Waals surface area contributed by atoms with Gasteiger partial charge in [-0.15, -0.1) is 0 Å². The Labute approximate surface area is 151 Å². The summed E-state index contributed by atoms with van der Waals surface area (Å²) in [6.45, 7) is 0. The summed E-state index contributed by atoms with van der Waals surface area (Å²) in [6, 6.07) is 8.04. The summed E-state index contributed by atoms with van der Waals surface area (Å²) < 4.78 is 27.1. The first-order valence-corrected chi connectivity index (χ1v) is 7.75. The fourth-order valence-corrected chi connectivity index (χ4v) is 2.39. The number of nitrogens with two attached hydrogens (primary N) is 1. The van der Waals surface area contributed by atoms with Crippen LogP contribution in [0.4, 0.5) is 37.5 Å². The second-order valence-corrected chi connectivity index (χ2v) is 5.75. The molecule has 25 heavy (non-hydrogen) atoms. The van der Waals surface area contributed by atoms with Gasteiger partial charge in [-0.05, 0) is 24.3 Å². The third-order valence-electron chi connectivity index (χ3n) is 3.27. The standard InChI is InChI=1S/C16H11Cl2F2N5/c17-9-2-1-3-11(13(9)18)24-15-14(21)16(23-7-22-15)25-12-6-8(19)4-5-10(12)20/h1-7H,21H2,(H2,22,23,24,25). The van der Waals surface area contributed by atoms with E-state index in [0.29, 0.717) is 15.7 Å². The van der Waals surface area contributed by atoms with Gasteiger partial charge < -0.3 is 16.4 Å². The van der Waals surface area contributed by atoms with Crippen molar-refractivity contribution in [2.75, 3.05) is 16.4 Å². The van der Waals surface area contributed by atoms with Gasteiger partial charge in [-0.25, -0.2) is 18.7 Å². The van der Waals surface area contributed by atoms with Crippen molar-refractivity contribution in [2.45, 2.75) is 0 Å². The second-order valence-electron chi connectivity index (χ2n) is 4.96. The van der Waals surface area contributed by atoms with Crippen molar-refractivity contribution in [2.24, 2.45) is 0 Å². The van der Waals surface area contributed by atoms with Crippen molar-refractivity contribution in [3.8, 4) is 0 Å². The normalized spacial score (nSPS) is 10.6. The van der Waals surface area contributed by atoms with Crippen LogP contribution in [-0.2, 0) is 0 Å². The van der Waals surface area contributed by atoms with Crippen LogP contribution in [-0.4, -0.2) is 9.97 Å². The molecule has 128 valence electrons. The number of rotatable bonds is 4. The lowest BCUT2D eigenvalue weighted by Crippen LogP contribution is -2.06. The molecule has 3 aromatic rings. The van der Waals surface area contributed by atoms with E-state index in [4.69, 9.17) is 28.9 Å². The number of hydrogen-bond acceptors (Lipinski definition) is 5. The number of nitrogens with zero attached hydrogens (tertiary/aromatic N) is 2. The molecule has 0 spiro atoms. The van der Waals surface area contributed by atoms with Gasteiger partial charge in [-0.1, -0.05) is 29.3 Å². The minimum absolute atomic E-state index is 0.0993. The summed E-state index contributed by atoms with van der Waals surface area (Å²) in [4.78, 5) is 7.98. The van der Waals surface area contributed by atoms with Gasteiger partial charge in [0.2, 0.25) is 0 Å². The molecule has 0 unspecified atom stereocenters. The molecule has 2 aromatic carbocycles. The predicted octanol–water partition coefficient (Wildman–Crippen LogP) is 5.13. The highest BCUT2D eigenvalue weighted by atomic mass is 35.5. The quantitative estimate of drug-likeness (QED) is 0.583. The lowest BCUT2D eigenvalue weighted by Gasteiger charge is -2.14. The Hall–Kier alpha value is -2.64. The van der Waals surface area contributed by atoms with Gasteiger partial charge in [-0.3, -0.25) is 0 Å². The third kappa shape index (κ3) is 3.72. The molecule has 3 rings (SSSR count). The molecule has 1 heterocycles. The highest BCUT2D eigenvalue weighted by Gasteiger charge is 2.13. The molecule has 5 nitrogen and oxygen atoms in total. The molecular formula is C16H11Cl2F2N5. The lowest BCUT2D eigenvalue weighted by atomic mass is 10.3. The number of halogens is 4. The molecule has 0 aliphatic carbocycles. The summed E-state index contributed by atoms with van der Waals surface area (Å²) in [7, 11) is 0. The van der Waals surface area contributed by atoms with Gasteiger partial charge in [0.15, 0.2) is 11.6 Å². The summed E-state index contributed by atoms with van der Waals surface area (Å²) >= 11 is 12.1. The molecule has 0 saturated carbocycles. The highest BCUT2D eigenvalue weighted by molar-refractivity contribution is 6.43. The largest absolute Gasteiger partial charge is 0.393 e. The van der Waals surface area contributed by atoms with Crippen LogP contribution in [0.25, 0.3) is 0 Å². The minimum Gasteiger partial charge on any atom is -0.393 e. The van der Waals surface area contributed by atoms with E-state index in [0.717, 1.165) is 18.2 Å². The van der Waals surface area contributed by atoms with Crippen LogP contribution in [0.1, 0.15) is 0 Å². The van der Waals surface area contributed by atoms with Crippen molar-refractivity contribution in [3.63, 3.8) is 0 Å². The predicted molar refractivity (Wildman–Crippen MR) is 95.8 cm³/mol. The molecule has 0 amide bonds. The molecule has 0 bridgehead atoms. The fraction of sp³-hybridized carbons (Fsp3) is 0. The van der Waals surface area contributed by atoms with E-state index in [2.05, 4.69) is 20.6 Å². The molecule has 1 aromatic heterocycles. The first kappa shape index (κ1) is 17.2. The molecule has 4 N–H and O–H groups in total. The Morgan fingerprint density at radius 3 is 2.32 bits per heavy atom. The first-order valence-electron chi connectivity index (χ1n) is 6.99. The number of benzene rings is 2. The van der Waals surface area contributed by atoms with Crippen LogP contribution < -0.4 is 16.4 Å². The number of hydrogen-bond donors (Lipinski definition) is 3. The zero-order valence-corrected chi connectivity index (χ0v) is 14.0. The Morgan fingerprint density at radius 1 is 0.920 bits per heavy atom. The van der Waals surface area contributed by atoms with Gasteiger partial charge >= 0.3 is 0 Å². The zero-order chi connectivity index (χ0) is 18.0. The molecule has 0 aliphatic rings. The van der Waals surface area contributed by atoms with E-state index in [1.165, 1.54) is 6.33 Å². The van der Waals surface area contributed by atoms with Crippen molar-refractivity contribution in [1.29, 1.82) is 0 Å². The smallest absolute Gasteiger partial charge is 0.159 e. The number of aromatic nitrogens is 2. The van der Waals surface area contributed by atoms with Gasteiger partial charge in [0.25, 0.3) is 0 Å². The monoisotopic (exact) mass is 381 g/mol. The minimum atomic E-state index is -0.646. The molecular weight excluding hydrogens is 371 g/mol. The van der Waals surface area contributed by atoms with Crippen LogP contribution in [0.3, 0.4) is 0 Å².